The summed E-state index contributed by atoms with van der Waals surface area (Å²) in [5, 5.41) is 19.6. The van der Waals surface area contributed by atoms with Gasteiger partial charge in [0.1, 0.15) is 16.9 Å². The third-order valence-corrected chi connectivity index (χ3v) is 3.43. The third-order valence-electron chi connectivity index (χ3n) is 3.43. The molecule has 3 aromatic rings. The van der Waals surface area contributed by atoms with Crippen LogP contribution in [0.4, 0.5) is 4.39 Å². The number of hydrogen-bond donors (Lipinski definition) is 2. The normalized spacial score (nSPS) is 10.8. The van der Waals surface area contributed by atoms with Gasteiger partial charge in [0.15, 0.2) is 5.75 Å². The predicted molar refractivity (Wildman–Crippen MR) is 79.6 cm³/mol. The lowest BCUT2D eigenvalue weighted by molar-refractivity contribution is 0.0694. The van der Waals surface area contributed by atoms with E-state index in [9.17, 15) is 14.3 Å². The summed E-state index contributed by atoms with van der Waals surface area (Å²) in [4.78, 5) is 15.1. The predicted octanol–water partition coefficient (Wildman–Crippen LogP) is 3.37. The molecule has 0 atom stereocenters. The summed E-state index contributed by atoms with van der Waals surface area (Å²) >= 11 is 0. The summed E-state index contributed by atoms with van der Waals surface area (Å²) in [5.74, 6) is -1.82. The van der Waals surface area contributed by atoms with Crippen molar-refractivity contribution >= 4 is 16.9 Å². The smallest absolute Gasteiger partial charge is 0.339 e. The maximum atomic E-state index is 12.9. The van der Waals surface area contributed by atoms with Crippen molar-refractivity contribution in [2.45, 2.75) is 6.42 Å². The van der Waals surface area contributed by atoms with E-state index in [4.69, 9.17) is 5.11 Å². The van der Waals surface area contributed by atoms with E-state index >= 15 is 0 Å². The molecule has 22 heavy (non-hydrogen) atoms. The van der Waals surface area contributed by atoms with Gasteiger partial charge in [-0.15, -0.1) is 0 Å². The highest BCUT2D eigenvalue weighted by Crippen LogP contribution is 2.28. The van der Waals surface area contributed by atoms with Gasteiger partial charge >= 0.3 is 5.97 Å². The molecule has 0 saturated carbocycles. The van der Waals surface area contributed by atoms with Crippen LogP contribution in [0.2, 0.25) is 0 Å². The molecule has 0 unspecified atom stereocenters. The summed E-state index contributed by atoms with van der Waals surface area (Å²) in [6, 6.07) is 11.0. The van der Waals surface area contributed by atoms with Crippen molar-refractivity contribution in [1.82, 2.24) is 4.98 Å². The number of pyridine rings is 1. The van der Waals surface area contributed by atoms with Crippen molar-refractivity contribution in [3.63, 3.8) is 0 Å². The van der Waals surface area contributed by atoms with Gasteiger partial charge in [0, 0.05) is 11.6 Å². The molecular formula is C17H12FNO3. The number of rotatable bonds is 3. The van der Waals surface area contributed by atoms with Crippen LogP contribution in [0.1, 0.15) is 21.5 Å². The van der Waals surface area contributed by atoms with E-state index in [2.05, 4.69) is 4.98 Å². The minimum atomic E-state index is -1.20. The van der Waals surface area contributed by atoms with E-state index in [1.54, 1.807) is 24.4 Å². The van der Waals surface area contributed by atoms with E-state index in [-0.39, 0.29) is 22.6 Å². The summed E-state index contributed by atoms with van der Waals surface area (Å²) in [5.41, 5.74) is 1.91. The summed E-state index contributed by atoms with van der Waals surface area (Å²) in [7, 11) is 0. The molecule has 0 bridgehead atoms. The molecule has 0 radical (unpaired) electrons. The van der Waals surface area contributed by atoms with Gasteiger partial charge in [-0.1, -0.05) is 18.2 Å². The van der Waals surface area contributed by atoms with Crippen molar-refractivity contribution in [1.29, 1.82) is 0 Å². The van der Waals surface area contributed by atoms with Gasteiger partial charge in [-0.25, -0.2) is 9.18 Å². The maximum Gasteiger partial charge on any atom is 0.339 e. The second-order valence-electron chi connectivity index (χ2n) is 4.99. The zero-order chi connectivity index (χ0) is 15.7. The molecule has 4 nitrogen and oxygen atoms in total. The molecule has 2 N–H and O–H groups in total. The first kappa shape index (κ1) is 14.0. The van der Waals surface area contributed by atoms with Gasteiger partial charge in [-0.2, -0.15) is 0 Å². The van der Waals surface area contributed by atoms with Crippen LogP contribution < -0.4 is 0 Å². The molecule has 0 spiro atoms. The topological polar surface area (TPSA) is 70.4 Å². The molecule has 0 aliphatic heterocycles. The Morgan fingerprint density at radius 2 is 1.82 bits per heavy atom. The number of nitrogens with zero attached hydrogens (tertiary/aromatic N) is 1. The minimum absolute atomic E-state index is 0.175. The van der Waals surface area contributed by atoms with Crippen LogP contribution in [-0.4, -0.2) is 21.2 Å². The highest BCUT2D eigenvalue weighted by Gasteiger charge is 2.13. The molecule has 3 rings (SSSR count). The van der Waals surface area contributed by atoms with Crippen LogP contribution in [0.25, 0.3) is 10.9 Å². The standard InChI is InChI=1S/C17H12FNO3/c18-13-4-1-10(2-5-13)7-11-8-12-3-6-14(17(21)22)16(20)15(12)19-9-11/h1-6,8-9,20H,7H2,(H,21,22). The summed E-state index contributed by atoms with van der Waals surface area (Å²) in [6.07, 6.45) is 2.15. The Labute approximate surface area is 125 Å². The molecule has 0 fully saturated rings. The van der Waals surface area contributed by atoms with Crippen molar-refractivity contribution in [3.05, 3.63) is 71.2 Å². The summed E-state index contributed by atoms with van der Waals surface area (Å²) < 4.78 is 12.9. The van der Waals surface area contributed by atoms with Crippen molar-refractivity contribution < 1.29 is 19.4 Å². The lowest BCUT2D eigenvalue weighted by Gasteiger charge is -2.07. The first-order valence-electron chi connectivity index (χ1n) is 6.63. The maximum absolute atomic E-state index is 12.9. The molecule has 1 heterocycles. The molecule has 5 heteroatoms. The summed E-state index contributed by atoms with van der Waals surface area (Å²) in [6.45, 7) is 0. The second kappa shape index (κ2) is 5.44. The molecule has 1 aromatic heterocycles. The largest absolute Gasteiger partial charge is 0.505 e. The number of hydrogen-bond acceptors (Lipinski definition) is 3. The number of carboxylic acids is 1. The van der Waals surface area contributed by atoms with Crippen LogP contribution in [0, 0.1) is 5.82 Å². The first-order valence-corrected chi connectivity index (χ1v) is 6.63. The van der Waals surface area contributed by atoms with Crippen molar-refractivity contribution in [3.8, 4) is 5.75 Å². The molecule has 0 amide bonds. The number of carbonyl (C=O) groups is 1. The van der Waals surface area contributed by atoms with Gasteiger partial charge in [0.05, 0.1) is 0 Å². The quantitative estimate of drug-likeness (QED) is 0.777. The van der Waals surface area contributed by atoms with Crippen LogP contribution in [0.15, 0.2) is 48.7 Å². The van der Waals surface area contributed by atoms with E-state index in [0.29, 0.717) is 11.8 Å². The highest BCUT2D eigenvalue weighted by molar-refractivity contribution is 5.98. The van der Waals surface area contributed by atoms with Crippen molar-refractivity contribution in [2.24, 2.45) is 0 Å². The molecule has 0 aliphatic carbocycles. The third kappa shape index (κ3) is 2.61. The second-order valence-corrected chi connectivity index (χ2v) is 4.99. The fourth-order valence-electron chi connectivity index (χ4n) is 2.34. The average molecular weight is 297 g/mol. The number of benzene rings is 2. The first-order chi connectivity index (χ1) is 10.5. The van der Waals surface area contributed by atoms with Crippen LogP contribution in [0.5, 0.6) is 5.75 Å². The lowest BCUT2D eigenvalue weighted by atomic mass is 10.0. The fourth-order valence-corrected chi connectivity index (χ4v) is 2.34. The number of aromatic hydroxyl groups is 1. The van der Waals surface area contributed by atoms with Crippen LogP contribution in [0.3, 0.4) is 0 Å². The molecule has 0 aliphatic rings. The number of halogens is 1. The monoisotopic (exact) mass is 297 g/mol. The zero-order valence-electron chi connectivity index (χ0n) is 11.5. The lowest BCUT2D eigenvalue weighted by Crippen LogP contribution is -1.98. The number of fused-ring (bicyclic) bond motifs is 1. The number of phenols is 1. The van der Waals surface area contributed by atoms with Gasteiger partial charge in [0.2, 0.25) is 0 Å². The van der Waals surface area contributed by atoms with Gasteiger partial charge in [0.25, 0.3) is 0 Å². The molecule has 2 aromatic carbocycles. The molecule has 0 saturated heterocycles. The van der Waals surface area contributed by atoms with E-state index in [1.807, 2.05) is 6.07 Å². The minimum Gasteiger partial charge on any atom is -0.505 e. The Balaban J connectivity index is 1.98. The number of aromatic nitrogens is 1. The Morgan fingerprint density at radius 1 is 1.09 bits per heavy atom. The fraction of sp³-hybridized carbons (Fsp3) is 0.0588. The van der Waals surface area contributed by atoms with Gasteiger partial charge in [-0.3, -0.25) is 4.98 Å². The SMILES string of the molecule is O=C(O)c1ccc2cc(Cc3ccc(F)cc3)cnc2c1O. The van der Waals surface area contributed by atoms with Crippen molar-refractivity contribution in [2.75, 3.05) is 0 Å². The Kier molecular flexibility index (Phi) is 3.47. The number of aromatic carboxylic acids is 1. The average Bonchev–Trinajstić information content (AvgIpc) is 2.49. The van der Waals surface area contributed by atoms with Crippen LogP contribution in [-0.2, 0) is 6.42 Å². The Morgan fingerprint density at radius 3 is 2.50 bits per heavy atom. The Bertz CT molecular complexity index is 860. The number of carboxylic acid groups (broad SMARTS) is 1. The molecule has 110 valence electrons. The van der Waals surface area contributed by atoms with Gasteiger partial charge < -0.3 is 10.2 Å². The van der Waals surface area contributed by atoms with E-state index in [0.717, 1.165) is 11.1 Å². The molecular weight excluding hydrogens is 285 g/mol. The van der Waals surface area contributed by atoms with Crippen LogP contribution >= 0.6 is 0 Å². The Hall–Kier alpha value is -2.95. The van der Waals surface area contributed by atoms with E-state index in [1.165, 1.54) is 18.2 Å². The van der Waals surface area contributed by atoms with Gasteiger partial charge in [-0.05, 0) is 41.8 Å². The highest BCUT2D eigenvalue weighted by atomic mass is 19.1. The zero-order valence-corrected chi connectivity index (χ0v) is 11.5. The van der Waals surface area contributed by atoms with E-state index < -0.39 is 5.97 Å².